The number of nitrogens with one attached hydrogen (secondary N) is 1. The van der Waals surface area contributed by atoms with Gasteiger partial charge in [-0.2, -0.15) is 5.10 Å². The van der Waals surface area contributed by atoms with Gasteiger partial charge in [0.1, 0.15) is 0 Å². The lowest BCUT2D eigenvalue weighted by Crippen LogP contribution is -2.19. The molecular formula is C14H22N4. The van der Waals surface area contributed by atoms with Gasteiger partial charge in [-0.3, -0.25) is 4.68 Å². The molecule has 0 unspecified atom stereocenters. The molecule has 0 saturated carbocycles. The molecule has 4 nitrogen and oxygen atoms in total. The first-order valence-corrected chi connectivity index (χ1v) is 6.63. The Morgan fingerprint density at radius 1 is 1.28 bits per heavy atom. The van der Waals surface area contributed by atoms with Crippen LogP contribution in [0.1, 0.15) is 24.7 Å². The summed E-state index contributed by atoms with van der Waals surface area (Å²) in [5.41, 5.74) is 2.63. The van der Waals surface area contributed by atoms with Crippen LogP contribution in [0.2, 0.25) is 0 Å². The van der Waals surface area contributed by atoms with E-state index in [0.29, 0.717) is 0 Å². The fraction of sp³-hybridized carbons (Fsp3) is 0.500. The Hall–Kier alpha value is -1.55. The molecule has 0 bridgehead atoms. The normalized spacial score (nSPS) is 11.0. The highest BCUT2D eigenvalue weighted by Crippen LogP contribution is 2.03. The van der Waals surface area contributed by atoms with Gasteiger partial charge in [0, 0.05) is 56.9 Å². The van der Waals surface area contributed by atoms with Crippen molar-refractivity contribution in [3.8, 4) is 0 Å². The molecule has 0 aliphatic carbocycles. The van der Waals surface area contributed by atoms with Crippen molar-refractivity contribution in [1.29, 1.82) is 0 Å². The third-order valence-corrected chi connectivity index (χ3v) is 3.17. The van der Waals surface area contributed by atoms with Crippen LogP contribution in [-0.2, 0) is 26.6 Å². The Morgan fingerprint density at radius 2 is 2.17 bits per heavy atom. The first kappa shape index (κ1) is 12.9. The molecule has 0 fully saturated rings. The van der Waals surface area contributed by atoms with Crippen LogP contribution >= 0.6 is 0 Å². The molecule has 2 rings (SSSR count). The second-order valence-corrected chi connectivity index (χ2v) is 4.57. The molecule has 0 spiro atoms. The third kappa shape index (κ3) is 3.23. The Balaban J connectivity index is 1.75. The zero-order chi connectivity index (χ0) is 12.8. The second kappa shape index (κ2) is 6.40. The molecule has 2 aromatic heterocycles. The molecular weight excluding hydrogens is 224 g/mol. The van der Waals surface area contributed by atoms with Crippen LogP contribution in [-0.4, -0.2) is 20.9 Å². The summed E-state index contributed by atoms with van der Waals surface area (Å²) in [7, 11) is 1.99. The number of rotatable bonds is 7. The van der Waals surface area contributed by atoms with E-state index in [-0.39, 0.29) is 0 Å². The van der Waals surface area contributed by atoms with Crippen molar-refractivity contribution in [3.05, 3.63) is 42.0 Å². The lowest BCUT2D eigenvalue weighted by Gasteiger charge is -2.09. The predicted molar refractivity (Wildman–Crippen MR) is 73.3 cm³/mol. The Kier molecular flexibility index (Phi) is 4.59. The maximum atomic E-state index is 4.17. The van der Waals surface area contributed by atoms with E-state index in [2.05, 4.69) is 46.3 Å². The molecule has 98 valence electrons. The zero-order valence-corrected chi connectivity index (χ0v) is 11.3. The van der Waals surface area contributed by atoms with E-state index in [1.807, 2.05) is 17.9 Å². The van der Waals surface area contributed by atoms with Crippen LogP contribution in [0.25, 0.3) is 0 Å². The van der Waals surface area contributed by atoms with Crippen LogP contribution in [0, 0.1) is 0 Å². The highest BCUT2D eigenvalue weighted by Gasteiger charge is 2.01. The summed E-state index contributed by atoms with van der Waals surface area (Å²) >= 11 is 0. The molecule has 4 heteroatoms. The summed E-state index contributed by atoms with van der Waals surface area (Å²) in [6, 6.07) is 6.38. The molecule has 2 heterocycles. The van der Waals surface area contributed by atoms with Gasteiger partial charge in [-0.05, 0) is 24.6 Å². The van der Waals surface area contributed by atoms with Crippen molar-refractivity contribution in [2.75, 3.05) is 6.54 Å². The van der Waals surface area contributed by atoms with E-state index < -0.39 is 0 Å². The number of aromatic nitrogens is 3. The monoisotopic (exact) mass is 246 g/mol. The van der Waals surface area contributed by atoms with Gasteiger partial charge in [0.2, 0.25) is 0 Å². The summed E-state index contributed by atoms with van der Waals surface area (Å²) in [4.78, 5) is 0. The number of nitrogens with zero attached hydrogens (tertiary/aromatic N) is 3. The van der Waals surface area contributed by atoms with Crippen molar-refractivity contribution in [3.63, 3.8) is 0 Å². The maximum Gasteiger partial charge on any atom is 0.0492 e. The largest absolute Gasteiger partial charge is 0.350 e. The molecule has 0 radical (unpaired) electrons. The fourth-order valence-corrected chi connectivity index (χ4v) is 2.15. The Morgan fingerprint density at radius 3 is 2.89 bits per heavy atom. The lowest BCUT2D eigenvalue weighted by atomic mass is 10.3. The first-order valence-electron chi connectivity index (χ1n) is 6.63. The summed E-state index contributed by atoms with van der Waals surface area (Å²) in [6.45, 7) is 5.23. The molecule has 0 amide bonds. The molecule has 0 aromatic carbocycles. The average Bonchev–Trinajstić information content (AvgIpc) is 2.95. The van der Waals surface area contributed by atoms with Gasteiger partial charge in [0.15, 0.2) is 0 Å². The van der Waals surface area contributed by atoms with Crippen molar-refractivity contribution in [1.82, 2.24) is 19.7 Å². The maximum absolute atomic E-state index is 4.17. The van der Waals surface area contributed by atoms with Crippen LogP contribution in [0.15, 0.2) is 30.6 Å². The first-order chi connectivity index (χ1) is 8.81. The summed E-state index contributed by atoms with van der Waals surface area (Å²) in [5, 5.41) is 7.66. The summed E-state index contributed by atoms with van der Waals surface area (Å²) in [5.74, 6) is 0. The van der Waals surface area contributed by atoms with Crippen molar-refractivity contribution in [2.24, 2.45) is 7.05 Å². The van der Waals surface area contributed by atoms with Gasteiger partial charge in [-0.15, -0.1) is 0 Å². The average molecular weight is 246 g/mol. The fourth-order valence-electron chi connectivity index (χ4n) is 2.15. The molecule has 2 aromatic rings. The highest BCUT2D eigenvalue weighted by atomic mass is 15.3. The van der Waals surface area contributed by atoms with Crippen molar-refractivity contribution >= 4 is 0 Å². The third-order valence-electron chi connectivity index (χ3n) is 3.17. The van der Waals surface area contributed by atoms with E-state index in [1.54, 1.807) is 0 Å². The van der Waals surface area contributed by atoms with Crippen LogP contribution < -0.4 is 5.32 Å². The standard InChI is InChI=1S/C14H22N4/c1-3-10-18-11-4-5-14(18)12-15-8-6-13-7-9-16-17(13)2/h4-5,7,9,11,15H,3,6,8,10,12H2,1-2H3. The Bertz CT molecular complexity index is 470. The number of hydrogen-bond donors (Lipinski definition) is 1. The lowest BCUT2D eigenvalue weighted by molar-refractivity contribution is 0.593. The van der Waals surface area contributed by atoms with Crippen LogP contribution in [0.3, 0.4) is 0 Å². The summed E-state index contributed by atoms with van der Waals surface area (Å²) < 4.78 is 4.25. The minimum absolute atomic E-state index is 0.935. The van der Waals surface area contributed by atoms with Crippen LogP contribution in [0.4, 0.5) is 0 Å². The molecule has 0 atom stereocenters. The van der Waals surface area contributed by atoms with Gasteiger partial charge in [-0.25, -0.2) is 0 Å². The molecule has 0 aliphatic heterocycles. The van der Waals surface area contributed by atoms with Gasteiger partial charge < -0.3 is 9.88 Å². The van der Waals surface area contributed by atoms with Crippen LogP contribution in [0.5, 0.6) is 0 Å². The van der Waals surface area contributed by atoms with Gasteiger partial charge in [0.25, 0.3) is 0 Å². The van der Waals surface area contributed by atoms with Gasteiger partial charge >= 0.3 is 0 Å². The smallest absolute Gasteiger partial charge is 0.0492 e. The zero-order valence-electron chi connectivity index (χ0n) is 11.3. The molecule has 18 heavy (non-hydrogen) atoms. The molecule has 1 N–H and O–H groups in total. The predicted octanol–water partition coefficient (Wildman–Crippen LogP) is 1.96. The topological polar surface area (TPSA) is 34.8 Å². The van der Waals surface area contributed by atoms with Crippen molar-refractivity contribution in [2.45, 2.75) is 32.9 Å². The highest BCUT2D eigenvalue weighted by molar-refractivity contribution is 5.07. The van der Waals surface area contributed by atoms with Gasteiger partial charge in [0.05, 0.1) is 0 Å². The SMILES string of the molecule is CCCn1cccc1CNCCc1ccnn1C. The molecule has 0 aliphatic rings. The summed E-state index contributed by atoms with van der Waals surface area (Å²) in [6.07, 6.45) is 6.20. The Labute approximate surface area is 109 Å². The van der Waals surface area contributed by atoms with Gasteiger partial charge in [-0.1, -0.05) is 6.92 Å². The quantitative estimate of drug-likeness (QED) is 0.758. The molecule has 0 saturated heterocycles. The van der Waals surface area contributed by atoms with E-state index in [9.17, 15) is 0 Å². The minimum atomic E-state index is 0.935. The van der Waals surface area contributed by atoms with E-state index >= 15 is 0 Å². The minimum Gasteiger partial charge on any atom is -0.350 e. The van der Waals surface area contributed by atoms with E-state index in [1.165, 1.54) is 17.8 Å². The number of aryl methyl sites for hydroxylation is 2. The van der Waals surface area contributed by atoms with E-state index in [0.717, 1.165) is 26.1 Å². The number of hydrogen-bond acceptors (Lipinski definition) is 2. The second-order valence-electron chi connectivity index (χ2n) is 4.57. The van der Waals surface area contributed by atoms with E-state index in [4.69, 9.17) is 0 Å². The van der Waals surface area contributed by atoms with Crippen molar-refractivity contribution < 1.29 is 0 Å².